The van der Waals surface area contributed by atoms with Crippen molar-refractivity contribution in [3.63, 3.8) is 0 Å². The number of para-hydroxylation sites is 1. The van der Waals surface area contributed by atoms with Crippen LogP contribution in [-0.4, -0.2) is 24.0 Å². The second kappa shape index (κ2) is 5.46. The summed E-state index contributed by atoms with van der Waals surface area (Å²) in [5, 5.41) is 10.7. The van der Waals surface area contributed by atoms with Crippen LogP contribution in [0.25, 0.3) is 10.9 Å². The molecule has 0 radical (unpaired) electrons. The Balaban J connectivity index is 2.54. The number of fused-ring (bicyclic) bond motifs is 1. The molecule has 0 aliphatic rings. The molecule has 100 valence electrons. The summed E-state index contributed by atoms with van der Waals surface area (Å²) in [4.78, 5) is 5.45. The average molecular weight is 255 g/mol. The maximum atomic E-state index is 9.50. The molecule has 3 nitrogen and oxygen atoms in total. The van der Waals surface area contributed by atoms with Crippen LogP contribution in [0.1, 0.15) is 25.5 Å². The Morgan fingerprint density at radius 1 is 1.21 bits per heavy atom. The molecule has 0 aliphatic carbocycles. The Labute approximate surface area is 114 Å². The molecule has 2 unspecified atom stereocenters. The number of aromatic nitrogens is 1. The number of nitrogens with one attached hydrogen (secondary N) is 1. The number of nitriles is 1. The molecule has 0 saturated heterocycles. The Morgan fingerprint density at radius 2 is 1.89 bits per heavy atom. The van der Waals surface area contributed by atoms with Crippen molar-refractivity contribution in [2.45, 2.75) is 19.9 Å². The van der Waals surface area contributed by atoms with Crippen LogP contribution in [0.15, 0.2) is 30.5 Å². The third-order valence-electron chi connectivity index (χ3n) is 3.70. The molecular weight excluding hydrogens is 234 g/mol. The molecular formula is C16H21N3. The molecule has 0 aliphatic heterocycles. The van der Waals surface area contributed by atoms with Crippen molar-refractivity contribution in [3.05, 3.63) is 36.0 Å². The van der Waals surface area contributed by atoms with Gasteiger partial charge in [-0.2, -0.15) is 5.26 Å². The molecule has 2 aromatic rings. The fraction of sp³-hybridized carbons (Fsp3) is 0.438. The third-order valence-corrected chi connectivity index (χ3v) is 3.70. The van der Waals surface area contributed by atoms with Gasteiger partial charge in [-0.25, -0.2) is 0 Å². The number of nitrogens with zero attached hydrogens (tertiary/aromatic N) is 2. The molecule has 2 atom stereocenters. The van der Waals surface area contributed by atoms with Crippen LogP contribution in [0.5, 0.6) is 0 Å². The number of hydrogen-bond acceptors (Lipinski definition) is 2. The zero-order valence-electron chi connectivity index (χ0n) is 12.0. The third kappa shape index (κ3) is 2.50. The van der Waals surface area contributed by atoms with Gasteiger partial charge in [0.1, 0.15) is 0 Å². The van der Waals surface area contributed by atoms with Gasteiger partial charge in [0.15, 0.2) is 0 Å². The summed E-state index contributed by atoms with van der Waals surface area (Å²) in [7, 11) is 4.08. The van der Waals surface area contributed by atoms with Gasteiger partial charge in [0.2, 0.25) is 0 Å². The highest BCUT2D eigenvalue weighted by atomic mass is 15.1. The van der Waals surface area contributed by atoms with Crippen LogP contribution in [0.4, 0.5) is 0 Å². The quantitative estimate of drug-likeness (QED) is 0.907. The summed E-state index contributed by atoms with van der Waals surface area (Å²) in [5.74, 6) is 0.306. The lowest BCUT2D eigenvalue weighted by Gasteiger charge is -2.30. The van der Waals surface area contributed by atoms with Crippen LogP contribution in [-0.2, 0) is 0 Å². The van der Waals surface area contributed by atoms with E-state index in [1.807, 2.05) is 32.4 Å². The van der Waals surface area contributed by atoms with Crippen LogP contribution in [0.2, 0.25) is 0 Å². The van der Waals surface area contributed by atoms with Crippen LogP contribution in [0.3, 0.4) is 0 Å². The predicted molar refractivity (Wildman–Crippen MR) is 78.7 cm³/mol. The van der Waals surface area contributed by atoms with Gasteiger partial charge in [-0.3, -0.25) is 0 Å². The molecule has 19 heavy (non-hydrogen) atoms. The highest BCUT2D eigenvalue weighted by Gasteiger charge is 2.29. The topological polar surface area (TPSA) is 42.8 Å². The molecule has 1 aromatic carbocycles. The lowest BCUT2D eigenvalue weighted by molar-refractivity contribution is 0.211. The van der Waals surface area contributed by atoms with E-state index in [0.29, 0.717) is 5.92 Å². The van der Waals surface area contributed by atoms with Crippen molar-refractivity contribution in [2.24, 2.45) is 11.8 Å². The van der Waals surface area contributed by atoms with E-state index in [1.165, 1.54) is 10.9 Å². The maximum absolute atomic E-state index is 9.50. The predicted octanol–water partition coefficient (Wildman–Crippen LogP) is 3.57. The smallest absolute Gasteiger partial charge is 0.0683 e. The Hall–Kier alpha value is -1.79. The normalized spacial score (nSPS) is 14.8. The first-order valence-electron chi connectivity index (χ1n) is 6.68. The second-order valence-electron chi connectivity index (χ2n) is 5.60. The Kier molecular flexibility index (Phi) is 3.92. The number of H-pyrrole nitrogens is 1. The minimum absolute atomic E-state index is 0.0193. The SMILES string of the molecule is CC(C)C(C#N)C(c1c[nH]c2ccccc12)N(C)C. The fourth-order valence-electron chi connectivity index (χ4n) is 2.72. The molecule has 0 fully saturated rings. The largest absolute Gasteiger partial charge is 0.361 e. The van der Waals surface area contributed by atoms with Gasteiger partial charge in [-0.1, -0.05) is 32.0 Å². The number of rotatable bonds is 4. The standard InChI is InChI=1S/C16H21N3/c1-11(2)13(9-17)16(19(3)4)14-10-18-15-8-6-5-7-12(14)15/h5-8,10-11,13,16,18H,1-4H3. The molecule has 1 heterocycles. The van der Waals surface area contributed by atoms with Gasteiger partial charge < -0.3 is 9.88 Å². The Bertz CT molecular complexity index is 589. The lowest BCUT2D eigenvalue weighted by atomic mass is 9.85. The highest BCUT2D eigenvalue weighted by Crippen LogP contribution is 2.35. The van der Waals surface area contributed by atoms with E-state index in [1.54, 1.807) is 0 Å². The van der Waals surface area contributed by atoms with E-state index in [-0.39, 0.29) is 12.0 Å². The summed E-state index contributed by atoms with van der Waals surface area (Å²) >= 11 is 0. The van der Waals surface area contributed by atoms with Gasteiger partial charge in [-0.05, 0) is 31.6 Å². The lowest BCUT2D eigenvalue weighted by Crippen LogP contribution is -2.29. The van der Waals surface area contributed by atoms with Crippen molar-refractivity contribution in [1.82, 2.24) is 9.88 Å². The summed E-state index contributed by atoms with van der Waals surface area (Å²) in [6.07, 6.45) is 2.04. The van der Waals surface area contributed by atoms with E-state index >= 15 is 0 Å². The minimum atomic E-state index is -0.0193. The monoisotopic (exact) mass is 255 g/mol. The van der Waals surface area contributed by atoms with Gasteiger partial charge in [0, 0.05) is 17.1 Å². The molecule has 1 aromatic heterocycles. The van der Waals surface area contributed by atoms with Gasteiger partial charge in [0.05, 0.1) is 18.0 Å². The summed E-state index contributed by atoms with van der Waals surface area (Å²) in [5.41, 5.74) is 2.34. The van der Waals surface area contributed by atoms with Crippen LogP contribution < -0.4 is 0 Å². The zero-order chi connectivity index (χ0) is 14.0. The first-order chi connectivity index (χ1) is 9.06. The van der Waals surface area contributed by atoms with E-state index in [0.717, 1.165) is 5.52 Å². The zero-order valence-corrected chi connectivity index (χ0v) is 12.0. The number of benzene rings is 1. The van der Waals surface area contributed by atoms with E-state index in [4.69, 9.17) is 0 Å². The van der Waals surface area contributed by atoms with Crippen molar-refractivity contribution in [1.29, 1.82) is 5.26 Å². The molecule has 1 N–H and O–H groups in total. The van der Waals surface area contributed by atoms with Gasteiger partial charge in [-0.15, -0.1) is 0 Å². The van der Waals surface area contributed by atoms with Crippen molar-refractivity contribution < 1.29 is 0 Å². The van der Waals surface area contributed by atoms with E-state index in [9.17, 15) is 5.26 Å². The molecule has 0 saturated carbocycles. The maximum Gasteiger partial charge on any atom is 0.0683 e. The summed E-state index contributed by atoms with van der Waals surface area (Å²) < 4.78 is 0. The molecule has 3 heteroatoms. The fourth-order valence-corrected chi connectivity index (χ4v) is 2.72. The van der Waals surface area contributed by atoms with Crippen LogP contribution in [0, 0.1) is 23.2 Å². The van der Waals surface area contributed by atoms with Crippen molar-refractivity contribution >= 4 is 10.9 Å². The molecule has 0 bridgehead atoms. The number of hydrogen-bond donors (Lipinski definition) is 1. The first-order valence-corrected chi connectivity index (χ1v) is 6.68. The van der Waals surface area contributed by atoms with E-state index < -0.39 is 0 Å². The van der Waals surface area contributed by atoms with Gasteiger partial charge >= 0.3 is 0 Å². The summed E-state index contributed by atoms with van der Waals surface area (Å²) in [6.45, 7) is 4.22. The Morgan fingerprint density at radius 3 is 2.47 bits per heavy atom. The summed E-state index contributed by atoms with van der Waals surface area (Å²) in [6, 6.07) is 10.9. The van der Waals surface area contributed by atoms with Crippen molar-refractivity contribution in [3.8, 4) is 6.07 Å². The first kappa shape index (κ1) is 13.6. The molecule has 2 rings (SSSR count). The minimum Gasteiger partial charge on any atom is -0.361 e. The second-order valence-corrected chi connectivity index (χ2v) is 5.60. The molecule has 0 spiro atoms. The van der Waals surface area contributed by atoms with Crippen LogP contribution >= 0.6 is 0 Å². The van der Waals surface area contributed by atoms with Crippen molar-refractivity contribution in [2.75, 3.05) is 14.1 Å². The average Bonchev–Trinajstić information content (AvgIpc) is 2.78. The molecule has 0 amide bonds. The highest BCUT2D eigenvalue weighted by molar-refractivity contribution is 5.83. The van der Waals surface area contributed by atoms with Gasteiger partial charge in [0.25, 0.3) is 0 Å². The number of aromatic amines is 1. The van der Waals surface area contributed by atoms with E-state index in [2.05, 4.69) is 41.9 Å².